The Kier molecular flexibility index (Phi) is 2.74. The Hall–Kier alpha value is -0.960. The van der Waals surface area contributed by atoms with Crippen LogP contribution in [0.3, 0.4) is 0 Å². The second-order valence-corrected chi connectivity index (χ2v) is 4.85. The molecule has 0 bridgehead atoms. The van der Waals surface area contributed by atoms with Gasteiger partial charge < -0.3 is 5.73 Å². The van der Waals surface area contributed by atoms with Crippen LogP contribution in [0.15, 0.2) is 6.07 Å². The van der Waals surface area contributed by atoms with Gasteiger partial charge in [0.25, 0.3) is 0 Å². The molecule has 1 aromatic carbocycles. The van der Waals surface area contributed by atoms with E-state index in [2.05, 4.69) is 0 Å². The number of rotatable bonds is 1. The summed E-state index contributed by atoms with van der Waals surface area (Å²) in [6.45, 7) is 3.19. The Balaban J connectivity index is 2.63. The summed E-state index contributed by atoms with van der Waals surface area (Å²) < 4.78 is 27.7. The van der Waals surface area contributed by atoms with Crippen molar-refractivity contribution in [2.24, 2.45) is 5.73 Å². The highest BCUT2D eigenvalue weighted by Crippen LogP contribution is 2.40. The second-order valence-electron chi connectivity index (χ2n) is 4.85. The summed E-state index contributed by atoms with van der Waals surface area (Å²) in [7, 11) is 0. The van der Waals surface area contributed by atoms with Crippen LogP contribution in [-0.2, 0) is 5.54 Å². The summed E-state index contributed by atoms with van der Waals surface area (Å²) in [6, 6.07) is 1.24. The van der Waals surface area contributed by atoms with Crippen LogP contribution in [0.4, 0.5) is 8.78 Å². The smallest absolute Gasteiger partial charge is 0.131 e. The number of halogens is 2. The van der Waals surface area contributed by atoms with Crippen molar-refractivity contribution in [3.8, 4) is 0 Å². The maximum absolute atomic E-state index is 14.1. The minimum atomic E-state index is -0.666. The number of hydrogen-bond donors (Lipinski definition) is 1. The van der Waals surface area contributed by atoms with E-state index >= 15 is 0 Å². The first kappa shape index (κ1) is 11.5. The van der Waals surface area contributed by atoms with E-state index in [1.807, 2.05) is 0 Å². The van der Waals surface area contributed by atoms with Crippen molar-refractivity contribution in [1.82, 2.24) is 0 Å². The molecule has 0 amide bonds. The van der Waals surface area contributed by atoms with Gasteiger partial charge >= 0.3 is 0 Å². The fourth-order valence-corrected chi connectivity index (χ4v) is 2.69. The molecule has 0 atom stereocenters. The zero-order chi connectivity index (χ0) is 11.9. The van der Waals surface area contributed by atoms with Crippen molar-refractivity contribution in [1.29, 1.82) is 0 Å². The van der Waals surface area contributed by atoms with Crippen LogP contribution in [0.25, 0.3) is 0 Å². The quantitative estimate of drug-likeness (QED) is 0.779. The van der Waals surface area contributed by atoms with Crippen LogP contribution < -0.4 is 5.73 Å². The van der Waals surface area contributed by atoms with Crippen molar-refractivity contribution in [2.45, 2.75) is 45.1 Å². The highest BCUT2D eigenvalue weighted by atomic mass is 19.1. The number of aryl methyl sites for hydroxylation is 1. The topological polar surface area (TPSA) is 26.0 Å². The van der Waals surface area contributed by atoms with Gasteiger partial charge in [0.05, 0.1) is 0 Å². The third-order valence-electron chi connectivity index (χ3n) is 3.64. The van der Waals surface area contributed by atoms with E-state index in [0.717, 1.165) is 25.7 Å². The van der Waals surface area contributed by atoms with Gasteiger partial charge in [0.15, 0.2) is 0 Å². The summed E-state index contributed by atoms with van der Waals surface area (Å²) in [5.41, 5.74) is 6.65. The van der Waals surface area contributed by atoms with Crippen LogP contribution in [0.5, 0.6) is 0 Å². The minimum Gasteiger partial charge on any atom is -0.321 e. The molecule has 0 heterocycles. The van der Waals surface area contributed by atoms with Crippen LogP contribution in [0, 0.1) is 25.5 Å². The standard InChI is InChI=1S/C13H17F2N/c1-8-7-10(14)9(2)11(12(8)15)13(16)5-3-4-6-13/h7H,3-6,16H2,1-2H3. The molecule has 2 rings (SSSR count). The lowest BCUT2D eigenvalue weighted by molar-refractivity contribution is 0.422. The maximum atomic E-state index is 14.1. The zero-order valence-corrected chi connectivity index (χ0v) is 9.74. The Morgan fingerprint density at radius 2 is 1.75 bits per heavy atom. The first-order chi connectivity index (χ1) is 7.46. The first-order valence-corrected chi connectivity index (χ1v) is 5.70. The summed E-state index contributed by atoms with van der Waals surface area (Å²) in [4.78, 5) is 0. The maximum Gasteiger partial charge on any atom is 0.131 e. The van der Waals surface area contributed by atoms with Crippen molar-refractivity contribution in [2.75, 3.05) is 0 Å². The van der Waals surface area contributed by atoms with Gasteiger partial charge in [0.2, 0.25) is 0 Å². The molecule has 0 spiro atoms. The van der Waals surface area contributed by atoms with Crippen LogP contribution in [0.1, 0.15) is 42.4 Å². The third kappa shape index (κ3) is 1.63. The van der Waals surface area contributed by atoms with Gasteiger partial charge in [-0.25, -0.2) is 8.78 Å². The molecular weight excluding hydrogens is 208 g/mol. The molecule has 1 aliphatic carbocycles. The molecule has 1 aromatic rings. The highest BCUT2D eigenvalue weighted by Gasteiger charge is 2.36. The lowest BCUT2D eigenvalue weighted by Gasteiger charge is -2.27. The summed E-state index contributed by atoms with van der Waals surface area (Å²) in [5.74, 6) is -0.686. The third-order valence-corrected chi connectivity index (χ3v) is 3.64. The Morgan fingerprint density at radius 1 is 1.19 bits per heavy atom. The highest BCUT2D eigenvalue weighted by molar-refractivity contribution is 5.39. The Bertz CT molecular complexity index is 394. The van der Waals surface area contributed by atoms with E-state index < -0.39 is 5.54 Å². The van der Waals surface area contributed by atoms with Crippen molar-refractivity contribution < 1.29 is 8.78 Å². The Morgan fingerprint density at radius 3 is 2.31 bits per heavy atom. The molecular formula is C13H17F2N. The predicted molar refractivity (Wildman–Crippen MR) is 60.2 cm³/mol. The van der Waals surface area contributed by atoms with Gasteiger partial charge in [0.1, 0.15) is 11.6 Å². The van der Waals surface area contributed by atoms with Gasteiger partial charge in [0, 0.05) is 11.1 Å². The van der Waals surface area contributed by atoms with Gasteiger partial charge in [-0.1, -0.05) is 12.8 Å². The molecule has 2 N–H and O–H groups in total. The van der Waals surface area contributed by atoms with E-state index in [4.69, 9.17) is 5.73 Å². The molecule has 1 aliphatic rings. The molecule has 1 nitrogen and oxygen atoms in total. The minimum absolute atomic E-state index is 0.330. The lowest BCUT2D eigenvalue weighted by Crippen LogP contribution is -2.35. The molecule has 0 radical (unpaired) electrons. The molecule has 0 unspecified atom stereocenters. The molecule has 3 heteroatoms. The summed E-state index contributed by atoms with van der Waals surface area (Å²) in [5, 5.41) is 0. The van der Waals surface area contributed by atoms with Crippen LogP contribution >= 0.6 is 0 Å². The number of nitrogens with two attached hydrogens (primary N) is 1. The van der Waals surface area contributed by atoms with Gasteiger partial charge in [-0.15, -0.1) is 0 Å². The zero-order valence-electron chi connectivity index (χ0n) is 9.74. The Labute approximate surface area is 94.7 Å². The summed E-state index contributed by atoms with van der Waals surface area (Å²) in [6.07, 6.45) is 3.47. The molecule has 1 fully saturated rings. The average molecular weight is 225 g/mol. The normalized spacial score (nSPS) is 19.1. The second kappa shape index (κ2) is 3.81. The largest absolute Gasteiger partial charge is 0.321 e. The van der Waals surface area contributed by atoms with Gasteiger partial charge in [-0.05, 0) is 43.9 Å². The predicted octanol–water partition coefficient (Wildman–Crippen LogP) is 3.31. The molecule has 16 heavy (non-hydrogen) atoms. The van der Waals surface area contributed by atoms with E-state index in [1.165, 1.54) is 6.07 Å². The fraction of sp³-hybridized carbons (Fsp3) is 0.538. The molecule has 0 saturated heterocycles. The molecule has 88 valence electrons. The van der Waals surface area contributed by atoms with E-state index in [9.17, 15) is 8.78 Å². The van der Waals surface area contributed by atoms with Crippen LogP contribution in [0.2, 0.25) is 0 Å². The first-order valence-electron chi connectivity index (χ1n) is 5.70. The van der Waals surface area contributed by atoms with E-state index in [1.54, 1.807) is 13.8 Å². The monoisotopic (exact) mass is 225 g/mol. The fourth-order valence-electron chi connectivity index (χ4n) is 2.69. The molecule has 0 aliphatic heterocycles. The van der Waals surface area contributed by atoms with Gasteiger partial charge in [-0.2, -0.15) is 0 Å². The molecule has 0 aromatic heterocycles. The molecule has 1 saturated carbocycles. The summed E-state index contributed by atoms with van der Waals surface area (Å²) >= 11 is 0. The van der Waals surface area contributed by atoms with E-state index in [0.29, 0.717) is 16.7 Å². The number of hydrogen-bond acceptors (Lipinski definition) is 1. The van der Waals surface area contributed by atoms with E-state index in [-0.39, 0.29) is 11.6 Å². The van der Waals surface area contributed by atoms with Crippen molar-refractivity contribution in [3.05, 3.63) is 34.4 Å². The number of benzene rings is 1. The van der Waals surface area contributed by atoms with Gasteiger partial charge in [-0.3, -0.25) is 0 Å². The lowest BCUT2D eigenvalue weighted by atomic mass is 9.84. The average Bonchev–Trinajstić information content (AvgIpc) is 2.63. The van der Waals surface area contributed by atoms with Crippen molar-refractivity contribution in [3.63, 3.8) is 0 Å². The van der Waals surface area contributed by atoms with Crippen molar-refractivity contribution >= 4 is 0 Å². The van der Waals surface area contributed by atoms with Crippen LogP contribution in [-0.4, -0.2) is 0 Å². The SMILES string of the molecule is Cc1cc(F)c(C)c(C2(N)CCCC2)c1F.